The summed E-state index contributed by atoms with van der Waals surface area (Å²) in [5.74, 6) is 0. The van der Waals surface area contributed by atoms with Crippen LogP contribution in [-0.2, 0) is 9.53 Å². The molecule has 1 fully saturated rings. The summed E-state index contributed by atoms with van der Waals surface area (Å²) in [7, 11) is 0. The second-order valence-electron chi connectivity index (χ2n) is 3.54. The van der Waals surface area contributed by atoms with Gasteiger partial charge in [0, 0.05) is 6.21 Å². The van der Waals surface area contributed by atoms with Crippen molar-refractivity contribution in [1.29, 1.82) is 0 Å². The second-order valence-corrected chi connectivity index (χ2v) is 3.54. The molecule has 0 aliphatic carbocycles. The van der Waals surface area contributed by atoms with Crippen LogP contribution in [0.3, 0.4) is 0 Å². The van der Waals surface area contributed by atoms with E-state index in [0.717, 1.165) is 24.8 Å². The molecular weight excluding hydrogens is 190 g/mol. The first-order chi connectivity index (χ1) is 7.38. The lowest BCUT2D eigenvalue weighted by atomic mass is 10.2. The smallest absolute Gasteiger partial charge is 0.148 e. The number of nitrogens with zero attached hydrogens (tertiary/aromatic N) is 1. The molecule has 1 saturated heterocycles. The summed E-state index contributed by atoms with van der Waals surface area (Å²) >= 11 is 0. The van der Waals surface area contributed by atoms with Crippen molar-refractivity contribution in [2.45, 2.75) is 25.0 Å². The molecule has 0 bridgehead atoms. The van der Waals surface area contributed by atoms with Gasteiger partial charge in [-0.05, 0) is 25.0 Å². The maximum absolute atomic E-state index is 10.5. The Labute approximate surface area is 88.8 Å². The van der Waals surface area contributed by atoms with E-state index in [1.54, 1.807) is 6.21 Å². The number of aldehydes is 1. The zero-order valence-corrected chi connectivity index (χ0v) is 8.37. The van der Waals surface area contributed by atoms with Crippen LogP contribution in [0.1, 0.15) is 12.8 Å². The zero-order chi connectivity index (χ0) is 10.5. The molecule has 0 saturated carbocycles. The highest BCUT2D eigenvalue weighted by Crippen LogP contribution is 2.18. The molecule has 2 rings (SSSR count). The van der Waals surface area contributed by atoms with Gasteiger partial charge in [-0.3, -0.25) is 4.99 Å². The fourth-order valence-corrected chi connectivity index (χ4v) is 1.58. The monoisotopic (exact) mass is 203 g/mol. The van der Waals surface area contributed by atoms with Gasteiger partial charge in [0.15, 0.2) is 0 Å². The molecule has 0 amide bonds. The van der Waals surface area contributed by atoms with Crippen LogP contribution in [0.4, 0.5) is 5.69 Å². The van der Waals surface area contributed by atoms with Gasteiger partial charge in [0.1, 0.15) is 12.4 Å². The minimum Gasteiger partial charge on any atom is -0.362 e. The first-order valence-electron chi connectivity index (χ1n) is 5.08. The van der Waals surface area contributed by atoms with Crippen LogP contribution >= 0.6 is 0 Å². The molecule has 0 radical (unpaired) electrons. The molecule has 15 heavy (non-hydrogen) atoms. The summed E-state index contributed by atoms with van der Waals surface area (Å²) in [6, 6.07) is 9.70. The van der Waals surface area contributed by atoms with E-state index in [0.29, 0.717) is 0 Å². The van der Waals surface area contributed by atoms with Crippen molar-refractivity contribution in [3.8, 4) is 0 Å². The van der Waals surface area contributed by atoms with Crippen molar-refractivity contribution in [1.82, 2.24) is 0 Å². The minimum absolute atomic E-state index is 0.0135. The van der Waals surface area contributed by atoms with E-state index in [-0.39, 0.29) is 12.2 Å². The molecule has 0 N–H and O–H groups in total. The van der Waals surface area contributed by atoms with E-state index in [4.69, 9.17) is 4.74 Å². The Morgan fingerprint density at radius 2 is 1.93 bits per heavy atom. The van der Waals surface area contributed by atoms with Crippen molar-refractivity contribution in [3.63, 3.8) is 0 Å². The Hall–Kier alpha value is -1.48. The number of ether oxygens (including phenoxy) is 1. The lowest BCUT2D eigenvalue weighted by Gasteiger charge is -2.03. The van der Waals surface area contributed by atoms with Crippen LogP contribution in [0.25, 0.3) is 0 Å². The third-order valence-electron chi connectivity index (χ3n) is 2.38. The van der Waals surface area contributed by atoms with Gasteiger partial charge in [-0.1, -0.05) is 18.2 Å². The largest absolute Gasteiger partial charge is 0.362 e. The lowest BCUT2D eigenvalue weighted by Crippen LogP contribution is -2.12. The number of rotatable bonds is 3. The summed E-state index contributed by atoms with van der Waals surface area (Å²) in [4.78, 5) is 14.7. The molecule has 1 aliphatic heterocycles. The zero-order valence-electron chi connectivity index (χ0n) is 8.37. The maximum atomic E-state index is 10.5. The first kappa shape index (κ1) is 10.1. The number of hydrogen-bond acceptors (Lipinski definition) is 3. The van der Waals surface area contributed by atoms with E-state index >= 15 is 0 Å². The number of benzene rings is 1. The second kappa shape index (κ2) is 4.84. The number of carbonyl (C=O) groups excluding carboxylic acids is 1. The molecule has 1 aromatic carbocycles. The predicted octanol–water partition coefficient (Wildman–Crippen LogP) is 2.14. The Kier molecular flexibility index (Phi) is 3.25. The van der Waals surface area contributed by atoms with Crippen LogP contribution in [0.15, 0.2) is 35.3 Å². The van der Waals surface area contributed by atoms with Crippen molar-refractivity contribution < 1.29 is 9.53 Å². The van der Waals surface area contributed by atoms with Gasteiger partial charge in [0.25, 0.3) is 0 Å². The quantitative estimate of drug-likeness (QED) is 0.557. The molecule has 1 aliphatic rings. The fourth-order valence-electron chi connectivity index (χ4n) is 1.58. The van der Waals surface area contributed by atoms with E-state index in [1.807, 2.05) is 30.3 Å². The van der Waals surface area contributed by atoms with Gasteiger partial charge in [-0.15, -0.1) is 0 Å². The molecule has 0 aromatic heterocycles. The molecule has 0 spiro atoms. The topological polar surface area (TPSA) is 38.7 Å². The number of hydrogen-bond donors (Lipinski definition) is 0. The summed E-state index contributed by atoms with van der Waals surface area (Å²) < 4.78 is 5.41. The van der Waals surface area contributed by atoms with E-state index in [9.17, 15) is 4.79 Å². The highest BCUT2D eigenvalue weighted by atomic mass is 16.5. The normalized spacial score (nSPS) is 25.9. The minimum atomic E-state index is -0.239. The standard InChI is InChI=1S/C12H13NO2/c14-9-12-7-6-11(15-12)8-13-10-4-2-1-3-5-10/h1-5,8-9,11-12H,6-7H2. The Balaban J connectivity index is 1.93. The molecule has 3 nitrogen and oxygen atoms in total. The van der Waals surface area contributed by atoms with Gasteiger partial charge in [-0.25, -0.2) is 0 Å². The van der Waals surface area contributed by atoms with Crippen LogP contribution < -0.4 is 0 Å². The van der Waals surface area contributed by atoms with Gasteiger partial charge in [-0.2, -0.15) is 0 Å². The van der Waals surface area contributed by atoms with Crippen molar-refractivity contribution in [2.24, 2.45) is 4.99 Å². The van der Waals surface area contributed by atoms with E-state index < -0.39 is 0 Å². The Bertz CT molecular complexity index is 348. The fraction of sp³-hybridized carbons (Fsp3) is 0.333. The van der Waals surface area contributed by atoms with Crippen molar-refractivity contribution in [2.75, 3.05) is 0 Å². The predicted molar refractivity (Wildman–Crippen MR) is 58.6 cm³/mol. The summed E-state index contributed by atoms with van der Waals surface area (Å²) in [6.45, 7) is 0. The van der Waals surface area contributed by atoms with E-state index in [1.165, 1.54) is 0 Å². The molecule has 2 unspecified atom stereocenters. The average Bonchev–Trinajstić information content (AvgIpc) is 2.76. The maximum Gasteiger partial charge on any atom is 0.148 e. The highest BCUT2D eigenvalue weighted by Gasteiger charge is 2.22. The summed E-state index contributed by atoms with van der Waals surface area (Å²) in [5.41, 5.74) is 0.913. The van der Waals surface area contributed by atoms with Crippen LogP contribution in [0.2, 0.25) is 0 Å². The van der Waals surface area contributed by atoms with Gasteiger partial charge in [0.2, 0.25) is 0 Å². The molecule has 2 atom stereocenters. The summed E-state index contributed by atoms with van der Waals surface area (Å²) in [5, 5.41) is 0. The summed E-state index contributed by atoms with van der Waals surface area (Å²) in [6.07, 6.45) is 4.06. The Morgan fingerprint density at radius 1 is 1.20 bits per heavy atom. The number of para-hydroxylation sites is 1. The van der Waals surface area contributed by atoms with Crippen LogP contribution in [0.5, 0.6) is 0 Å². The molecule has 78 valence electrons. The van der Waals surface area contributed by atoms with Crippen LogP contribution in [0, 0.1) is 0 Å². The third kappa shape index (κ3) is 2.73. The van der Waals surface area contributed by atoms with Gasteiger partial charge < -0.3 is 9.53 Å². The van der Waals surface area contributed by atoms with Crippen molar-refractivity contribution in [3.05, 3.63) is 30.3 Å². The number of aliphatic imine (C=N–C) groups is 1. The van der Waals surface area contributed by atoms with Gasteiger partial charge in [0.05, 0.1) is 11.8 Å². The third-order valence-corrected chi connectivity index (χ3v) is 2.38. The highest BCUT2D eigenvalue weighted by molar-refractivity contribution is 5.69. The van der Waals surface area contributed by atoms with Gasteiger partial charge >= 0.3 is 0 Å². The first-order valence-corrected chi connectivity index (χ1v) is 5.08. The molecule has 3 heteroatoms. The average molecular weight is 203 g/mol. The number of carbonyl (C=O) groups is 1. The van der Waals surface area contributed by atoms with Crippen molar-refractivity contribution >= 4 is 18.2 Å². The van der Waals surface area contributed by atoms with Crippen LogP contribution in [-0.4, -0.2) is 24.7 Å². The lowest BCUT2D eigenvalue weighted by molar-refractivity contribution is -0.116. The molecule has 1 heterocycles. The molecule has 1 aromatic rings. The Morgan fingerprint density at radius 3 is 2.60 bits per heavy atom. The van der Waals surface area contributed by atoms with E-state index in [2.05, 4.69) is 4.99 Å². The SMILES string of the molecule is O=CC1CCC(C=Nc2ccccc2)O1. The molecular formula is C12H13NO2.